The third kappa shape index (κ3) is 5.82. The predicted octanol–water partition coefficient (Wildman–Crippen LogP) is 5.91. The van der Waals surface area contributed by atoms with Crippen molar-refractivity contribution >= 4 is 11.8 Å². The second kappa shape index (κ2) is 10.6. The van der Waals surface area contributed by atoms with Gasteiger partial charge < -0.3 is 9.84 Å². The van der Waals surface area contributed by atoms with Gasteiger partial charge in [-0.2, -0.15) is 0 Å². The summed E-state index contributed by atoms with van der Waals surface area (Å²) >= 11 is 0. The molecule has 0 amide bonds. The standard InChI is InChI=1S/C27H28O4/c1-3-21-12-7-8-15-24(21)25(16-19(2)27(29)30)26(28)22-13-9-14-23(17-22)31-18-20-10-5-4-6-11-20/h4-15,17,19,25H,3,16,18H2,1-2H3,(H,29,30). The van der Waals surface area contributed by atoms with E-state index in [1.807, 2.05) is 67.6 Å². The van der Waals surface area contributed by atoms with Crippen molar-refractivity contribution in [2.24, 2.45) is 5.92 Å². The summed E-state index contributed by atoms with van der Waals surface area (Å²) in [7, 11) is 0. The molecule has 1 N–H and O–H groups in total. The van der Waals surface area contributed by atoms with Gasteiger partial charge in [-0.25, -0.2) is 0 Å². The van der Waals surface area contributed by atoms with Crippen LogP contribution in [0.3, 0.4) is 0 Å². The topological polar surface area (TPSA) is 63.6 Å². The molecule has 0 saturated carbocycles. The zero-order chi connectivity index (χ0) is 22.2. The summed E-state index contributed by atoms with van der Waals surface area (Å²) in [5.74, 6) is -1.52. The average molecular weight is 417 g/mol. The number of hydrogen-bond donors (Lipinski definition) is 1. The Morgan fingerprint density at radius 1 is 0.935 bits per heavy atom. The molecular formula is C27H28O4. The van der Waals surface area contributed by atoms with Crippen LogP contribution in [0.5, 0.6) is 5.75 Å². The molecule has 0 fully saturated rings. The molecule has 2 atom stereocenters. The molecule has 4 heteroatoms. The number of carbonyl (C=O) groups excluding carboxylic acids is 1. The van der Waals surface area contributed by atoms with E-state index in [1.165, 1.54) is 0 Å². The maximum Gasteiger partial charge on any atom is 0.306 e. The van der Waals surface area contributed by atoms with Gasteiger partial charge in [-0.3, -0.25) is 9.59 Å². The van der Waals surface area contributed by atoms with E-state index in [-0.39, 0.29) is 12.2 Å². The van der Waals surface area contributed by atoms with E-state index in [1.54, 1.807) is 25.1 Å². The summed E-state index contributed by atoms with van der Waals surface area (Å²) in [6.45, 7) is 4.10. The molecule has 0 aromatic heterocycles. The first-order chi connectivity index (χ1) is 15.0. The summed E-state index contributed by atoms with van der Waals surface area (Å²) in [6, 6.07) is 24.8. The van der Waals surface area contributed by atoms with E-state index in [2.05, 4.69) is 0 Å². The maximum absolute atomic E-state index is 13.5. The molecule has 0 bridgehead atoms. The van der Waals surface area contributed by atoms with Crippen LogP contribution in [0.15, 0.2) is 78.9 Å². The molecule has 0 aliphatic rings. The highest BCUT2D eigenvalue weighted by molar-refractivity contribution is 6.01. The van der Waals surface area contributed by atoms with E-state index in [0.717, 1.165) is 23.1 Å². The summed E-state index contributed by atoms with van der Waals surface area (Å²) < 4.78 is 5.89. The molecule has 0 heterocycles. The molecule has 0 aliphatic heterocycles. The summed E-state index contributed by atoms with van der Waals surface area (Å²) in [5, 5.41) is 9.45. The summed E-state index contributed by atoms with van der Waals surface area (Å²) in [5.41, 5.74) is 3.54. The fourth-order valence-electron chi connectivity index (χ4n) is 3.71. The smallest absolute Gasteiger partial charge is 0.306 e. The number of carboxylic acid groups (broad SMARTS) is 1. The first kappa shape index (κ1) is 22.3. The highest BCUT2D eigenvalue weighted by Gasteiger charge is 2.28. The van der Waals surface area contributed by atoms with Crippen molar-refractivity contribution in [2.75, 3.05) is 0 Å². The zero-order valence-electron chi connectivity index (χ0n) is 18.0. The SMILES string of the molecule is CCc1ccccc1C(CC(C)C(=O)O)C(=O)c1cccc(OCc2ccccc2)c1. The molecule has 4 nitrogen and oxygen atoms in total. The summed E-state index contributed by atoms with van der Waals surface area (Å²) in [6.07, 6.45) is 1.03. The number of aliphatic carboxylic acids is 1. The molecular weight excluding hydrogens is 388 g/mol. The van der Waals surface area contributed by atoms with Crippen molar-refractivity contribution in [3.63, 3.8) is 0 Å². The number of ketones is 1. The highest BCUT2D eigenvalue weighted by Crippen LogP contribution is 2.31. The van der Waals surface area contributed by atoms with Crippen LogP contribution in [0.25, 0.3) is 0 Å². The Hall–Kier alpha value is -3.40. The van der Waals surface area contributed by atoms with Gasteiger partial charge in [0, 0.05) is 11.5 Å². The third-order valence-corrected chi connectivity index (χ3v) is 5.51. The van der Waals surface area contributed by atoms with Crippen molar-refractivity contribution in [1.29, 1.82) is 0 Å². The first-order valence-corrected chi connectivity index (χ1v) is 10.6. The van der Waals surface area contributed by atoms with Crippen molar-refractivity contribution in [1.82, 2.24) is 0 Å². The highest BCUT2D eigenvalue weighted by atomic mass is 16.5. The third-order valence-electron chi connectivity index (χ3n) is 5.51. The Morgan fingerprint density at radius 3 is 2.35 bits per heavy atom. The van der Waals surface area contributed by atoms with Gasteiger partial charge in [0.05, 0.1) is 5.92 Å². The second-order valence-corrected chi connectivity index (χ2v) is 7.75. The number of carboxylic acids is 1. The molecule has 0 aliphatic carbocycles. The number of Topliss-reactive ketones (excluding diaryl/α,β-unsaturated/α-hetero) is 1. The Morgan fingerprint density at radius 2 is 1.65 bits per heavy atom. The maximum atomic E-state index is 13.5. The Balaban J connectivity index is 1.87. The van der Waals surface area contributed by atoms with Crippen LogP contribution in [-0.4, -0.2) is 16.9 Å². The largest absolute Gasteiger partial charge is 0.489 e. The number of benzene rings is 3. The van der Waals surface area contributed by atoms with E-state index in [9.17, 15) is 14.7 Å². The molecule has 160 valence electrons. The van der Waals surface area contributed by atoms with Gasteiger partial charge in [-0.1, -0.05) is 80.6 Å². The predicted molar refractivity (Wildman–Crippen MR) is 122 cm³/mol. The monoisotopic (exact) mass is 416 g/mol. The van der Waals surface area contributed by atoms with Gasteiger partial charge >= 0.3 is 5.97 Å². The van der Waals surface area contributed by atoms with Gasteiger partial charge in [0.15, 0.2) is 5.78 Å². The van der Waals surface area contributed by atoms with Gasteiger partial charge in [0.1, 0.15) is 12.4 Å². The lowest BCUT2D eigenvalue weighted by atomic mass is 9.81. The van der Waals surface area contributed by atoms with Crippen LogP contribution < -0.4 is 4.74 Å². The molecule has 3 aromatic carbocycles. The number of aryl methyl sites for hydroxylation is 1. The molecule has 2 unspecified atom stereocenters. The Bertz CT molecular complexity index is 1030. The number of carbonyl (C=O) groups is 2. The molecule has 0 saturated heterocycles. The lowest BCUT2D eigenvalue weighted by Gasteiger charge is -2.21. The minimum atomic E-state index is -0.897. The number of rotatable bonds is 10. The van der Waals surface area contributed by atoms with Gasteiger partial charge in [-0.05, 0) is 41.7 Å². The van der Waals surface area contributed by atoms with Crippen LogP contribution in [0, 0.1) is 5.92 Å². The quantitative estimate of drug-likeness (QED) is 0.418. The first-order valence-electron chi connectivity index (χ1n) is 10.6. The van der Waals surface area contributed by atoms with E-state index < -0.39 is 17.8 Å². The second-order valence-electron chi connectivity index (χ2n) is 7.75. The molecule has 0 radical (unpaired) electrons. The molecule has 3 aromatic rings. The van der Waals surface area contributed by atoms with Gasteiger partial charge in [0.25, 0.3) is 0 Å². The lowest BCUT2D eigenvalue weighted by molar-refractivity contribution is -0.141. The van der Waals surface area contributed by atoms with Crippen LogP contribution in [0.1, 0.15) is 53.2 Å². The van der Waals surface area contributed by atoms with Crippen LogP contribution >= 0.6 is 0 Å². The molecule has 0 spiro atoms. The Kier molecular flexibility index (Phi) is 7.60. The van der Waals surface area contributed by atoms with Crippen LogP contribution in [0.2, 0.25) is 0 Å². The Labute approximate surface area is 183 Å². The number of ether oxygens (including phenoxy) is 1. The van der Waals surface area contributed by atoms with Crippen LogP contribution in [0.4, 0.5) is 0 Å². The van der Waals surface area contributed by atoms with Crippen molar-refractivity contribution in [2.45, 2.75) is 39.2 Å². The minimum absolute atomic E-state index is 0.0841. The van der Waals surface area contributed by atoms with Crippen LogP contribution in [-0.2, 0) is 17.8 Å². The van der Waals surface area contributed by atoms with E-state index in [4.69, 9.17) is 4.74 Å². The van der Waals surface area contributed by atoms with Crippen molar-refractivity contribution < 1.29 is 19.4 Å². The fraction of sp³-hybridized carbons (Fsp3) is 0.259. The van der Waals surface area contributed by atoms with E-state index in [0.29, 0.717) is 17.9 Å². The minimum Gasteiger partial charge on any atom is -0.489 e. The van der Waals surface area contributed by atoms with E-state index >= 15 is 0 Å². The molecule has 31 heavy (non-hydrogen) atoms. The van der Waals surface area contributed by atoms with Gasteiger partial charge in [-0.15, -0.1) is 0 Å². The van der Waals surface area contributed by atoms with Crippen molar-refractivity contribution in [3.8, 4) is 5.75 Å². The van der Waals surface area contributed by atoms with Gasteiger partial charge in [0.2, 0.25) is 0 Å². The zero-order valence-corrected chi connectivity index (χ0v) is 18.0. The lowest BCUT2D eigenvalue weighted by Crippen LogP contribution is -2.21. The fourth-order valence-corrected chi connectivity index (χ4v) is 3.71. The number of hydrogen-bond acceptors (Lipinski definition) is 3. The normalized spacial score (nSPS) is 12.7. The summed E-state index contributed by atoms with van der Waals surface area (Å²) in [4.78, 5) is 25.1. The molecule has 3 rings (SSSR count). The average Bonchev–Trinajstić information content (AvgIpc) is 2.81. The van der Waals surface area contributed by atoms with Crippen molar-refractivity contribution in [3.05, 3.63) is 101 Å².